The zero-order chi connectivity index (χ0) is 9.68. The summed E-state index contributed by atoms with van der Waals surface area (Å²) in [6, 6.07) is 0. The fourth-order valence-electron chi connectivity index (χ4n) is 1.09. The number of carbonyl (C=O) groups is 1. The number of aryl methyl sites for hydroxylation is 1. The topological polar surface area (TPSA) is 57.8 Å². The van der Waals surface area contributed by atoms with E-state index in [4.69, 9.17) is 0 Å². The van der Waals surface area contributed by atoms with Crippen LogP contribution in [0.2, 0.25) is 0 Å². The Bertz CT molecular complexity index is 280. The molecule has 0 aliphatic carbocycles. The summed E-state index contributed by atoms with van der Waals surface area (Å²) in [7, 11) is 0. The Labute approximate surface area is 77.8 Å². The molecule has 4 heteroatoms. The van der Waals surface area contributed by atoms with Gasteiger partial charge in [0.2, 0.25) is 5.91 Å². The quantitative estimate of drug-likeness (QED) is 0.721. The van der Waals surface area contributed by atoms with Crippen molar-refractivity contribution in [3.05, 3.63) is 17.7 Å². The largest absolute Gasteiger partial charge is 0.356 e. The molecule has 0 aromatic carbocycles. The van der Waals surface area contributed by atoms with E-state index in [2.05, 4.69) is 15.3 Å². The molecule has 2 N–H and O–H groups in total. The van der Waals surface area contributed by atoms with Gasteiger partial charge in [-0.1, -0.05) is 6.92 Å². The van der Waals surface area contributed by atoms with Gasteiger partial charge in [0.05, 0.1) is 12.0 Å². The van der Waals surface area contributed by atoms with Crippen molar-refractivity contribution in [3.8, 4) is 0 Å². The molecule has 1 aromatic heterocycles. The minimum atomic E-state index is 0.0946. The Hall–Kier alpha value is -1.32. The Kier molecular flexibility index (Phi) is 3.49. The summed E-state index contributed by atoms with van der Waals surface area (Å²) in [5.74, 6) is 0.0946. The van der Waals surface area contributed by atoms with Crippen LogP contribution in [0, 0.1) is 6.92 Å². The van der Waals surface area contributed by atoms with Gasteiger partial charge in [-0.3, -0.25) is 4.79 Å². The third-order valence-electron chi connectivity index (χ3n) is 1.95. The minimum absolute atomic E-state index is 0.0946. The summed E-state index contributed by atoms with van der Waals surface area (Å²) in [4.78, 5) is 18.0. The Morgan fingerprint density at radius 3 is 3.00 bits per heavy atom. The second kappa shape index (κ2) is 4.64. The van der Waals surface area contributed by atoms with E-state index in [0.717, 1.165) is 17.8 Å². The molecule has 4 nitrogen and oxygen atoms in total. The molecule has 0 saturated carbocycles. The average Bonchev–Trinajstić information content (AvgIpc) is 2.52. The number of amides is 1. The van der Waals surface area contributed by atoms with Crippen molar-refractivity contribution in [3.63, 3.8) is 0 Å². The van der Waals surface area contributed by atoms with Gasteiger partial charge in [-0.25, -0.2) is 4.98 Å². The predicted molar refractivity (Wildman–Crippen MR) is 50.3 cm³/mol. The third-order valence-corrected chi connectivity index (χ3v) is 1.95. The van der Waals surface area contributed by atoms with Crippen LogP contribution in [0.3, 0.4) is 0 Å². The smallest absolute Gasteiger partial charge is 0.219 e. The van der Waals surface area contributed by atoms with Crippen LogP contribution >= 0.6 is 0 Å². The zero-order valence-electron chi connectivity index (χ0n) is 8.05. The highest BCUT2D eigenvalue weighted by molar-refractivity contribution is 5.75. The van der Waals surface area contributed by atoms with Crippen LogP contribution < -0.4 is 5.32 Å². The monoisotopic (exact) mass is 181 g/mol. The number of hydrogen-bond donors (Lipinski definition) is 2. The number of imidazole rings is 1. The number of carbonyl (C=O) groups excluding carboxylic acids is 1. The molecule has 1 rings (SSSR count). The molecule has 0 radical (unpaired) electrons. The molecule has 0 saturated heterocycles. The van der Waals surface area contributed by atoms with Gasteiger partial charge in [0, 0.05) is 25.1 Å². The molecule has 1 amide bonds. The number of rotatable bonds is 4. The molecule has 72 valence electrons. The van der Waals surface area contributed by atoms with E-state index >= 15 is 0 Å². The molecular weight excluding hydrogens is 166 g/mol. The lowest BCUT2D eigenvalue weighted by Gasteiger charge is -2.01. The van der Waals surface area contributed by atoms with Gasteiger partial charge in [-0.2, -0.15) is 0 Å². The highest BCUT2D eigenvalue weighted by Crippen LogP contribution is 1.99. The van der Waals surface area contributed by atoms with Gasteiger partial charge in [0.15, 0.2) is 0 Å². The van der Waals surface area contributed by atoms with E-state index in [1.54, 1.807) is 6.33 Å². The number of nitrogens with one attached hydrogen (secondary N) is 2. The fourth-order valence-corrected chi connectivity index (χ4v) is 1.09. The number of H-pyrrole nitrogens is 1. The first kappa shape index (κ1) is 9.77. The fraction of sp³-hybridized carbons (Fsp3) is 0.556. The molecule has 0 fully saturated rings. The highest BCUT2D eigenvalue weighted by Gasteiger charge is 2.00. The second-order valence-corrected chi connectivity index (χ2v) is 2.92. The summed E-state index contributed by atoms with van der Waals surface area (Å²) in [5, 5.41) is 2.81. The molecule has 1 aromatic rings. The normalized spacial score (nSPS) is 10.0. The molecule has 0 bridgehead atoms. The van der Waals surface area contributed by atoms with Crippen LogP contribution in [0.1, 0.15) is 24.7 Å². The highest BCUT2D eigenvalue weighted by atomic mass is 16.1. The van der Waals surface area contributed by atoms with E-state index in [-0.39, 0.29) is 5.91 Å². The lowest BCUT2D eigenvalue weighted by Crippen LogP contribution is -2.24. The Morgan fingerprint density at radius 2 is 2.46 bits per heavy atom. The zero-order valence-corrected chi connectivity index (χ0v) is 8.05. The number of aromatic amines is 1. The van der Waals surface area contributed by atoms with Crippen LogP contribution in [0.5, 0.6) is 0 Å². The van der Waals surface area contributed by atoms with Gasteiger partial charge in [-0.15, -0.1) is 0 Å². The third kappa shape index (κ3) is 2.89. The number of nitrogens with zero attached hydrogens (tertiary/aromatic N) is 1. The van der Waals surface area contributed by atoms with Gasteiger partial charge < -0.3 is 10.3 Å². The van der Waals surface area contributed by atoms with Crippen LogP contribution in [-0.2, 0) is 11.2 Å². The molecule has 1 heterocycles. The Balaban J connectivity index is 2.28. The van der Waals surface area contributed by atoms with E-state index < -0.39 is 0 Å². The molecule has 13 heavy (non-hydrogen) atoms. The Morgan fingerprint density at radius 1 is 1.69 bits per heavy atom. The van der Waals surface area contributed by atoms with Crippen LogP contribution in [0.25, 0.3) is 0 Å². The molecular formula is C9H15N3O. The van der Waals surface area contributed by atoms with Crippen molar-refractivity contribution in [2.24, 2.45) is 0 Å². The van der Waals surface area contributed by atoms with Crippen molar-refractivity contribution < 1.29 is 4.79 Å². The first-order valence-electron chi connectivity index (χ1n) is 4.49. The van der Waals surface area contributed by atoms with E-state index in [1.807, 2.05) is 13.8 Å². The van der Waals surface area contributed by atoms with Gasteiger partial charge in [0.25, 0.3) is 0 Å². The van der Waals surface area contributed by atoms with E-state index in [0.29, 0.717) is 13.0 Å². The van der Waals surface area contributed by atoms with E-state index in [1.165, 1.54) is 0 Å². The maximum absolute atomic E-state index is 10.9. The summed E-state index contributed by atoms with van der Waals surface area (Å²) in [5.41, 5.74) is 2.10. The SMILES string of the molecule is CCC(=O)NCCc1[nH]cnc1C. The maximum Gasteiger partial charge on any atom is 0.219 e. The van der Waals surface area contributed by atoms with Crippen molar-refractivity contribution in [2.75, 3.05) is 6.54 Å². The van der Waals surface area contributed by atoms with Gasteiger partial charge in [-0.05, 0) is 6.92 Å². The van der Waals surface area contributed by atoms with Crippen LogP contribution in [0.15, 0.2) is 6.33 Å². The lowest BCUT2D eigenvalue weighted by molar-refractivity contribution is -0.120. The summed E-state index contributed by atoms with van der Waals surface area (Å²) in [6.45, 7) is 4.47. The predicted octanol–water partition coefficient (Wildman–Crippen LogP) is 0.787. The van der Waals surface area contributed by atoms with Gasteiger partial charge in [0.1, 0.15) is 0 Å². The van der Waals surface area contributed by atoms with Crippen LogP contribution in [-0.4, -0.2) is 22.4 Å². The number of hydrogen-bond acceptors (Lipinski definition) is 2. The van der Waals surface area contributed by atoms with Crippen molar-refractivity contribution in [1.82, 2.24) is 15.3 Å². The average molecular weight is 181 g/mol. The van der Waals surface area contributed by atoms with E-state index in [9.17, 15) is 4.79 Å². The standard InChI is InChI=1S/C9H15N3O/c1-3-9(13)10-5-4-8-7(2)11-6-12-8/h6H,3-5H2,1-2H3,(H,10,13)(H,11,12). The molecule has 0 atom stereocenters. The van der Waals surface area contributed by atoms with Gasteiger partial charge >= 0.3 is 0 Å². The molecule has 0 aliphatic heterocycles. The molecule has 0 spiro atoms. The lowest BCUT2D eigenvalue weighted by atomic mass is 10.2. The first-order chi connectivity index (χ1) is 6.24. The summed E-state index contributed by atoms with van der Waals surface area (Å²) >= 11 is 0. The molecule has 0 aliphatic rings. The summed E-state index contributed by atoms with van der Waals surface area (Å²) < 4.78 is 0. The van der Waals surface area contributed by atoms with Crippen molar-refractivity contribution >= 4 is 5.91 Å². The van der Waals surface area contributed by atoms with Crippen LogP contribution in [0.4, 0.5) is 0 Å². The minimum Gasteiger partial charge on any atom is -0.356 e. The second-order valence-electron chi connectivity index (χ2n) is 2.92. The first-order valence-corrected chi connectivity index (χ1v) is 4.49. The van der Waals surface area contributed by atoms with Crippen molar-refractivity contribution in [2.45, 2.75) is 26.7 Å². The van der Waals surface area contributed by atoms with Crippen molar-refractivity contribution in [1.29, 1.82) is 0 Å². The molecule has 0 unspecified atom stereocenters. The maximum atomic E-state index is 10.9. The summed E-state index contributed by atoms with van der Waals surface area (Å²) in [6.07, 6.45) is 3.03. The number of aromatic nitrogens is 2.